The number of nitrogens with one attached hydrogen (secondary N) is 1. The van der Waals surface area contributed by atoms with E-state index in [0.29, 0.717) is 10.8 Å². The van der Waals surface area contributed by atoms with Crippen LogP contribution in [0, 0.1) is 0 Å². The van der Waals surface area contributed by atoms with Gasteiger partial charge in [-0.2, -0.15) is 0 Å². The zero-order chi connectivity index (χ0) is 18.0. The molecule has 25 heavy (non-hydrogen) atoms. The SMILES string of the molecule is CC(C)(C)OC(=O)Nc1ccc(N2CCC[C@@H]2c2csc(N)n2)nc1. The van der Waals surface area contributed by atoms with Gasteiger partial charge in [0, 0.05) is 11.9 Å². The first kappa shape index (κ1) is 17.5. The monoisotopic (exact) mass is 361 g/mol. The minimum atomic E-state index is -0.532. The second kappa shape index (κ2) is 6.87. The highest BCUT2D eigenvalue weighted by Crippen LogP contribution is 2.36. The summed E-state index contributed by atoms with van der Waals surface area (Å²) in [6, 6.07) is 3.93. The molecule has 3 heterocycles. The number of hydrogen-bond acceptors (Lipinski definition) is 7. The highest BCUT2D eigenvalue weighted by atomic mass is 32.1. The van der Waals surface area contributed by atoms with E-state index in [1.54, 1.807) is 6.20 Å². The summed E-state index contributed by atoms with van der Waals surface area (Å²) in [7, 11) is 0. The van der Waals surface area contributed by atoms with Crippen LogP contribution in [0.25, 0.3) is 0 Å². The van der Waals surface area contributed by atoms with Gasteiger partial charge < -0.3 is 15.4 Å². The molecule has 3 N–H and O–H groups in total. The zero-order valence-corrected chi connectivity index (χ0v) is 15.5. The van der Waals surface area contributed by atoms with Gasteiger partial charge in [-0.15, -0.1) is 11.3 Å². The van der Waals surface area contributed by atoms with Crippen molar-refractivity contribution in [2.75, 3.05) is 22.5 Å². The van der Waals surface area contributed by atoms with Crippen LogP contribution in [0.15, 0.2) is 23.7 Å². The smallest absolute Gasteiger partial charge is 0.412 e. The van der Waals surface area contributed by atoms with Crippen LogP contribution in [0.3, 0.4) is 0 Å². The predicted octanol–water partition coefficient (Wildman–Crippen LogP) is 3.81. The fourth-order valence-electron chi connectivity index (χ4n) is 2.85. The molecule has 3 rings (SSSR count). The number of carbonyl (C=O) groups is 1. The Morgan fingerprint density at radius 1 is 1.44 bits per heavy atom. The summed E-state index contributed by atoms with van der Waals surface area (Å²) >= 11 is 1.46. The van der Waals surface area contributed by atoms with Gasteiger partial charge in [-0.1, -0.05) is 0 Å². The van der Waals surface area contributed by atoms with Crippen molar-refractivity contribution in [3.05, 3.63) is 29.4 Å². The van der Waals surface area contributed by atoms with Crippen LogP contribution in [0.5, 0.6) is 0 Å². The van der Waals surface area contributed by atoms with E-state index in [9.17, 15) is 4.79 Å². The topological polar surface area (TPSA) is 93.4 Å². The van der Waals surface area contributed by atoms with Gasteiger partial charge in [0.25, 0.3) is 0 Å². The Kier molecular flexibility index (Phi) is 4.80. The van der Waals surface area contributed by atoms with E-state index in [2.05, 4.69) is 20.2 Å². The van der Waals surface area contributed by atoms with Gasteiger partial charge in [-0.05, 0) is 45.7 Å². The predicted molar refractivity (Wildman–Crippen MR) is 99.9 cm³/mol. The number of aromatic nitrogens is 2. The van der Waals surface area contributed by atoms with Crippen LogP contribution in [-0.4, -0.2) is 28.2 Å². The first-order chi connectivity index (χ1) is 11.8. The molecule has 1 saturated heterocycles. The molecule has 1 amide bonds. The van der Waals surface area contributed by atoms with Gasteiger partial charge in [0.2, 0.25) is 0 Å². The number of hydrogen-bond donors (Lipinski definition) is 2. The van der Waals surface area contributed by atoms with Gasteiger partial charge in [-0.25, -0.2) is 14.8 Å². The number of rotatable bonds is 3. The Morgan fingerprint density at radius 3 is 2.84 bits per heavy atom. The fourth-order valence-corrected chi connectivity index (χ4v) is 3.46. The molecule has 0 spiro atoms. The number of amides is 1. The molecule has 1 fully saturated rings. The number of ether oxygens (including phenoxy) is 1. The maximum absolute atomic E-state index is 11.8. The molecule has 0 unspecified atom stereocenters. The summed E-state index contributed by atoms with van der Waals surface area (Å²) in [4.78, 5) is 23.0. The number of thiazole rings is 1. The summed E-state index contributed by atoms with van der Waals surface area (Å²) in [6.07, 6.45) is 3.27. The number of nitrogens with zero attached hydrogens (tertiary/aromatic N) is 3. The number of nitrogen functional groups attached to an aromatic ring is 1. The summed E-state index contributed by atoms with van der Waals surface area (Å²) in [5.74, 6) is 0.865. The average molecular weight is 361 g/mol. The number of nitrogens with two attached hydrogens (primary N) is 1. The van der Waals surface area contributed by atoms with E-state index in [-0.39, 0.29) is 6.04 Å². The van der Waals surface area contributed by atoms with Crippen LogP contribution >= 0.6 is 11.3 Å². The third-order valence-corrected chi connectivity index (χ3v) is 4.51. The molecule has 1 aliphatic heterocycles. The lowest BCUT2D eigenvalue weighted by Crippen LogP contribution is -2.27. The highest BCUT2D eigenvalue weighted by molar-refractivity contribution is 7.13. The van der Waals surface area contributed by atoms with E-state index in [4.69, 9.17) is 10.5 Å². The van der Waals surface area contributed by atoms with Gasteiger partial charge in [0.1, 0.15) is 11.4 Å². The van der Waals surface area contributed by atoms with Crippen molar-refractivity contribution in [2.45, 2.75) is 45.3 Å². The Labute approximate surface area is 151 Å². The van der Waals surface area contributed by atoms with Crippen LogP contribution < -0.4 is 16.0 Å². The lowest BCUT2D eigenvalue weighted by molar-refractivity contribution is 0.0636. The Hall–Kier alpha value is -2.35. The van der Waals surface area contributed by atoms with Crippen LogP contribution in [0.1, 0.15) is 45.3 Å². The van der Waals surface area contributed by atoms with Crippen molar-refractivity contribution in [2.24, 2.45) is 0 Å². The van der Waals surface area contributed by atoms with Gasteiger partial charge >= 0.3 is 6.09 Å². The second-order valence-electron chi connectivity index (χ2n) is 6.99. The maximum atomic E-state index is 11.8. The third kappa shape index (κ3) is 4.39. The summed E-state index contributed by atoms with van der Waals surface area (Å²) in [5, 5.41) is 5.29. The molecule has 134 valence electrons. The van der Waals surface area contributed by atoms with Crippen molar-refractivity contribution in [1.29, 1.82) is 0 Å². The summed E-state index contributed by atoms with van der Waals surface area (Å²) in [5.41, 5.74) is 6.83. The van der Waals surface area contributed by atoms with Crippen molar-refractivity contribution in [3.63, 3.8) is 0 Å². The average Bonchev–Trinajstić information content (AvgIpc) is 3.14. The highest BCUT2D eigenvalue weighted by Gasteiger charge is 2.29. The zero-order valence-electron chi connectivity index (χ0n) is 14.7. The lowest BCUT2D eigenvalue weighted by Gasteiger charge is -2.24. The van der Waals surface area contributed by atoms with E-state index in [0.717, 1.165) is 30.9 Å². The maximum Gasteiger partial charge on any atom is 0.412 e. The molecule has 7 nitrogen and oxygen atoms in total. The first-order valence-electron chi connectivity index (χ1n) is 8.25. The Balaban J connectivity index is 1.68. The molecular formula is C17H23N5O2S. The van der Waals surface area contributed by atoms with E-state index >= 15 is 0 Å². The molecule has 2 aromatic rings. The molecule has 1 aliphatic rings. The Morgan fingerprint density at radius 2 is 2.24 bits per heavy atom. The largest absolute Gasteiger partial charge is 0.444 e. The number of anilines is 3. The first-order valence-corrected chi connectivity index (χ1v) is 9.13. The summed E-state index contributed by atoms with van der Waals surface area (Å²) in [6.45, 7) is 6.40. The van der Waals surface area contributed by atoms with Crippen molar-refractivity contribution in [3.8, 4) is 0 Å². The van der Waals surface area contributed by atoms with Crippen LogP contribution in [-0.2, 0) is 4.74 Å². The molecule has 0 aliphatic carbocycles. The van der Waals surface area contributed by atoms with Crippen molar-refractivity contribution >= 4 is 34.1 Å². The van der Waals surface area contributed by atoms with Gasteiger partial charge in [-0.3, -0.25) is 5.32 Å². The molecule has 8 heteroatoms. The van der Waals surface area contributed by atoms with Crippen molar-refractivity contribution < 1.29 is 9.53 Å². The standard InChI is InChI=1S/C17H23N5O2S/c1-17(2,3)24-16(23)20-11-6-7-14(19-9-11)22-8-4-5-13(22)12-10-25-15(18)21-12/h6-7,9-10,13H,4-5,8H2,1-3H3,(H2,18,21)(H,20,23)/t13-/m1/s1. The minimum absolute atomic E-state index is 0.200. The van der Waals surface area contributed by atoms with Crippen LogP contribution in [0.4, 0.5) is 21.4 Å². The molecule has 1 atom stereocenters. The fraction of sp³-hybridized carbons (Fsp3) is 0.471. The molecule has 0 aromatic carbocycles. The molecule has 2 aromatic heterocycles. The molecular weight excluding hydrogens is 338 g/mol. The van der Waals surface area contributed by atoms with E-state index < -0.39 is 11.7 Å². The second-order valence-corrected chi connectivity index (χ2v) is 7.88. The Bertz CT molecular complexity index is 738. The molecule has 0 radical (unpaired) electrons. The minimum Gasteiger partial charge on any atom is -0.444 e. The normalized spacial score (nSPS) is 17.6. The third-order valence-electron chi connectivity index (χ3n) is 3.82. The number of carbonyl (C=O) groups excluding carboxylic acids is 1. The number of pyridine rings is 1. The summed E-state index contributed by atoms with van der Waals surface area (Å²) < 4.78 is 5.24. The van der Waals surface area contributed by atoms with Crippen molar-refractivity contribution in [1.82, 2.24) is 9.97 Å². The lowest BCUT2D eigenvalue weighted by atomic mass is 10.1. The van der Waals surface area contributed by atoms with Gasteiger partial charge in [0.15, 0.2) is 5.13 Å². The van der Waals surface area contributed by atoms with Crippen LogP contribution in [0.2, 0.25) is 0 Å². The quantitative estimate of drug-likeness (QED) is 0.863. The molecule has 0 bridgehead atoms. The van der Waals surface area contributed by atoms with E-state index in [1.165, 1.54) is 11.3 Å². The molecule has 0 saturated carbocycles. The van der Waals surface area contributed by atoms with E-state index in [1.807, 2.05) is 38.3 Å². The van der Waals surface area contributed by atoms with Gasteiger partial charge in [0.05, 0.1) is 23.6 Å².